The first-order valence-corrected chi connectivity index (χ1v) is 14.2. The first kappa shape index (κ1) is 26.4. The van der Waals surface area contributed by atoms with E-state index in [9.17, 15) is 14.4 Å². The van der Waals surface area contributed by atoms with Gasteiger partial charge in [-0.2, -0.15) is 0 Å². The Labute approximate surface area is 224 Å². The number of ketones is 1. The van der Waals surface area contributed by atoms with Gasteiger partial charge in [-0.15, -0.1) is 0 Å². The van der Waals surface area contributed by atoms with Crippen molar-refractivity contribution in [1.82, 2.24) is 15.2 Å². The van der Waals surface area contributed by atoms with Crippen LogP contribution in [0.4, 0.5) is 4.79 Å². The van der Waals surface area contributed by atoms with Crippen molar-refractivity contribution in [3.05, 3.63) is 36.0 Å². The first-order valence-electron chi connectivity index (χ1n) is 14.2. The molecule has 3 heterocycles. The number of aryl methyl sites for hydroxylation is 1. The zero-order valence-corrected chi connectivity index (χ0v) is 22.5. The second-order valence-electron chi connectivity index (χ2n) is 11.4. The Kier molecular flexibility index (Phi) is 8.15. The quantitative estimate of drug-likeness (QED) is 0.609. The second kappa shape index (κ2) is 11.7. The molecular weight excluding hydrogens is 482 g/mol. The molecule has 1 saturated carbocycles. The van der Waals surface area contributed by atoms with Gasteiger partial charge in [0.05, 0.1) is 19.2 Å². The van der Waals surface area contributed by atoms with Crippen LogP contribution in [0.25, 0.3) is 10.8 Å². The summed E-state index contributed by atoms with van der Waals surface area (Å²) in [7, 11) is 0. The molecule has 5 rings (SSSR count). The number of amides is 2. The van der Waals surface area contributed by atoms with Crippen LogP contribution in [0.1, 0.15) is 70.8 Å². The number of cyclic esters (lactones) is 1. The molecule has 1 aromatic heterocycles. The van der Waals surface area contributed by atoms with Crippen molar-refractivity contribution in [3.63, 3.8) is 0 Å². The van der Waals surface area contributed by atoms with Gasteiger partial charge in [0, 0.05) is 18.0 Å². The van der Waals surface area contributed by atoms with Crippen molar-refractivity contribution in [3.8, 4) is 5.88 Å². The summed E-state index contributed by atoms with van der Waals surface area (Å²) >= 11 is 0. The number of ether oxygens (including phenoxy) is 2. The number of aromatic nitrogens is 1. The molecule has 1 N–H and O–H groups in total. The molecule has 1 saturated heterocycles. The van der Waals surface area contributed by atoms with Gasteiger partial charge in [0.15, 0.2) is 5.78 Å². The Morgan fingerprint density at radius 3 is 2.68 bits per heavy atom. The maximum atomic E-state index is 14.0. The van der Waals surface area contributed by atoms with E-state index >= 15 is 0 Å². The normalized spacial score (nSPS) is 27.8. The highest BCUT2D eigenvalue weighted by Gasteiger charge is 2.44. The molecule has 4 atom stereocenters. The summed E-state index contributed by atoms with van der Waals surface area (Å²) in [5, 5.41) is 4.90. The molecule has 204 valence electrons. The van der Waals surface area contributed by atoms with Gasteiger partial charge in [-0.1, -0.05) is 38.3 Å². The summed E-state index contributed by atoms with van der Waals surface area (Å²) in [5.41, 5.74) is 1.20. The van der Waals surface area contributed by atoms with Crippen molar-refractivity contribution in [1.29, 1.82) is 0 Å². The van der Waals surface area contributed by atoms with Crippen LogP contribution in [0.2, 0.25) is 0 Å². The molecule has 38 heavy (non-hydrogen) atoms. The fraction of sp³-hybridized carbons (Fsp3) is 0.600. The number of nitrogens with one attached hydrogen (secondary N) is 1. The molecule has 0 spiro atoms. The van der Waals surface area contributed by atoms with E-state index in [1.807, 2.05) is 6.07 Å². The number of nitrogens with zero attached hydrogens (tertiary/aromatic N) is 2. The number of carbonyl (C=O) groups excluding carboxylic acids is 3. The van der Waals surface area contributed by atoms with Gasteiger partial charge in [-0.05, 0) is 73.9 Å². The Bertz CT molecular complexity index is 1180. The number of pyridine rings is 1. The molecule has 1 aliphatic carbocycles. The van der Waals surface area contributed by atoms with Gasteiger partial charge < -0.3 is 19.7 Å². The monoisotopic (exact) mass is 521 g/mol. The molecule has 2 aromatic rings. The van der Waals surface area contributed by atoms with E-state index in [2.05, 4.69) is 35.4 Å². The number of hydrogen-bond donors (Lipinski definition) is 1. The minimum atomic E-state index is -0.712. The molecule has 0 radical (unpaired) electrons. The maximum Gasteiger partial charge on any atom is 0.407 e. The third-order valence-corrected chi connectivity index (χ3v) is 8.41. The van der Waals surface area contributed by atoms with Crippen LogP contribution in [0.15, 0.2) is 30.5 Å². The summed E-state index contributed by atoms with van der Waals surface area (Å²) < 4.78 is 12.0. The number of benzene rings is 1. The van der Waals surface area contributed by atoms with E-state index < -0.39 is 18.2 Å². The number of rotatable bonds is 2. The van der Waals surface area contributed by atoms with Gasteiger partial charge in [0.1, 0.15) is 12.1 Å². The van der Waals surface area contributed by atoms with Gasteiger partial charge >= 0.3 is 6.09 Å². The lowest BCUT2D eigenvalue weighted by Gasteiger charge is -2.34. The number of fused-ring (bicyclic) bond motifs is 3. The Hall–Kier alpha value is -3.16. The minimum absolute atomic E-state index is 0.0255. The lowest BCUT2D eigenvalue weighted by Crippen LogP contribution is -2.55. The third-order valence-electron chi connectivity index (χ3n) is 8.41. The third kappa shape index (κ3) is 5.94. The second-order valence-corrected chi connectivity index (χ2v) is 11.4. The summed E-state index contributed by atoms with van der Waals surface area (Å²) in [4.78, 5) is 45.7. The predicted molar refractivity (Wildman–Crippen MR) is 144 cm³/mol. The average molecular weight is 522 g/mol. The van der Waals surface area contributed by atoms with Gasteiger partial charge in [-0.3, -0.25) is 9.59 Å². The van der Waals surface area contributed by atoms with Crippen molar-refractivity contribution in [2.75, 3.05) is 13.2 Å². The van der Waals surface area contributed by atoms with Crippen molar-refractivity contribution < 1.29 is 23.9 Å². The Morgan fingerprint density at radius 2 is 1.89 bits per heavy atom. The number of Topliss-reactive ketones (excluding diaryl/α,β-unsaturated/α-hetero) is 1. The molecule has 2 fully saturated rings. The van der Waals surface area contributed by atoms with Gasteiger partial charge in [0.25, 0.3) is 0 Å². The van der Waals surface area contributed by atoms with Crippen LogP contribution in [-0.4, -0.2) is 59.0 Å². The minimum Gasteiger partial charge on any atom is -0.472 e. The van der Waals surface area contributed by atoms with E-state index in [-0.39, 0.29) is 36.2 Å². The lowest BCUT2D eigenvalue weighted by molar-refractivity contribution is -0.140. The summed E-state index contributed by atoms with van der Waals surface area (Å²) in [6.07, 6.45) is 8.93. The number of alkyl carbamates (subject to hydrolysis) is 1. The zero-order valence-electron chi connectivity index (χ0n) is 22.5. The molecule has 2 amide bonds. The molecule has 2 aliphatic heterocycles. The summed E-state index contributed by atoms with van der Waals surface area (Å²) in [5.74, 6) is 0.458. The van der Waals surface area contributed by atoms with Gasteiger partial charge in [0.2, 0.25) is 11.8 Å². The first-order chi connectivity index (χ1) is 18.4. The zero-order chi connectivity index (χ0) is 26.6. The SMILES string of the molecule is CC(=O)[C@@H]1CC2CN1C(=O)[C@H](C1CCCCC1)NC(=O)OC[C@@H](C)CCCc1ccc3ccnc(c3c1)O2. The topological polar surface area (TPSA) is 97.8 Å². The van der Waals surface area contributed by atoms with Crippen molar-refractivity contribution in [2.24, 2.45) is 11.8 Å². The van der Waals surface area contributed by atoms with Crippen molar-refractivity contribution >= 4 is 28.6 Å². The molecule has 1 unspecified atom stereocenters. The van der Waals surface area contributed by atoms with Crippen molar-refractivity contribution in [2.45, 2.75) is 89.8 Å². The van der Waals surface area contributed by atoms with Crippen LogP contribution in [-0.2, 0) is 20.7 Å². The van der Waals surface area contributed by atoms with Crippen LogP contribution >= 0.6 is 0 Å². The maximum absolute atomic E-state index is 14.0. The fourth-order valence-electron chi connectivity index (χ4n) is 6.26. The van der Waals surface area contributed by atoms with E-state index in [0.29, 0.717) is 18.9 Å². The lowest BCUT2D eigenvalue weighted by atomic mass is 9.83. The fourth-order valence-corrected chi connectivity index (χ4v) is 6.26. The largest absolute Gasteiger partial charge is 0.472 e. The highest BCUT2D eigenvalue weighted by atomic mass is 16.5. The number of carbonyl (C=O) groups is 3. The van der Waals surface area contributed by atoms with E-state index in [1.165, 1.54) is 12.5 Å². The highest BCUT2D eigenvalue weighted by molar-refractivity contribution is 5.92. The summed E-state index contributed by atoms with van der Waals surface area (Å²) in [6, 6.07) is 7.02. The van der Waals surface area contributed by atoms with Crippen LogP contribution in [0, 0.1) is 11.8 Å². The average Bonchev–Trinajstić information content (AvgIpc) is 3.35. The standard InChI is InChI=1S/C30H39N3O5/c1-19-7-6-8-21-11-12-22-13-14-31-28(25(22)15-21)38-24-16-26(20(2)34)33(17-24)29(35)27(32-30(36)37-18-19)23-9-4-3-5-10-23/h11-15,19,23-24,26-27H,3-10,16-18H2,1-2H3,(H,32,36)/t19-,24?,26-,27-/m0/s1. The van der Waals surface area contributed by atoms with E-state index in [1.54, 1.807) is 11.1 Å². The number of hydrogen-bond acceptors (Lipinski definition) is 6. The Balaban J connectivity index is 1.47. The van der Waals surface area contributed by atoms with Crippen LogP contribution in [0.5, 0.6) is 5.88 Å². The molecule has 4 bridgehead atoms. The van der Waals surface area contributed by atoms with Crippen LogP contribution in [0.3, 0.4) is 0 Å². The van der Waals surface area contributed by atoms with Gasteiger partial charge in [-0.25, -0.2) is 9.78 Å². The van der Waals surface area contributed by atoms with E-state index in [0.717, 1.165) is 62.1 Å². The molecule has 8 nitrogen and oxygen atoms in total. The molecule has 3 aliphatic rings. The highest BCUT2D eigenvalue weighted by Crippen LogP contribution is 2.32. The van der Waals surface area contributed by atoms with Crippen LogP contribution < -0.4 is 10.1 Å². The molecule has 1 aromatic carbocycles. The van der Waals surface area contributed by atoms with E-state index in [4.69, 9.17) is 9.47 Å². The summed E-state index contributed by atoms with van der Waals surface area (Å²) in [6.45, 7) is 4.17. The Morgan fingerprint density at radius 1 is 1.08 bits per heavy atom. The molecule has 8 heteroatoms. The predicted octanol–water partition coefficient (Wildman–Crippen LogP) is 4.82. The molecular formula is C30H39N3O5. The smallest absolute Gasteiger partial charge is 0.407 e.